The van der Waals surface area contributed by atoms with Crippen LogP contribution in [0.15, 0.2) is 30.3 Å². The van der Waals surface area contributed by atoms with Crippen molar-refractivity contribution >= 4 is 17.7 Å². The SMILES string of the molecule is CCC(=O)N(Cl)Cc1ccccc1. The van der Waals surface area contributed by atoms with Crippen LogP contribution >= 0.6 is 11.8 Å². The van der Waals surface area contributed by atoms with E-state index in [0.29, 0.717) is 13.0 Å². The van der Waals surface area contributed by atoms with E-state index >= 15 is 0 Å². The van der Waals surface area contributed by atoms with Crippen LogP contribution in [0.3, 0.4) is 0 Å². The molecule has 1 aromatic carbocycles. The van der Waals surface area contributed by atoms with E-state index in [4.69, 9.17) is 11.8 Å². The molecule has 13 heavy (non-hydrogen) atoms. The van der Waals surface area contributed by atoms with Gasteiger partial charge >= 0.3 is 0 Å². The van der Waals surface area contributed by atoms with Gasteiger partial charge in [-0.25, -0.2) is 0 Å². The number of halogens is 1. The summed E-state index contributed by atoms with van der Waals surface area (Å²) in [5, 5.41) is 0. The second kappa shape index (κ2) is 4.87. The average molecular weight is 198 g/mol. The quantitative estimate of drug-likeness (QED) is 0.683. The van der Waals surface area contributed by atoms with Gasteiger partial charge in [0.25, 0.3) is 0 Å². The number of benzene rings is 1. The minimum absolute atomic E-state index is 0.0504. The van der Waals surface area contributed by atoms with Gasteiger partial charge < -0.3 is 0 Å². The van der Waals surface area contributed by atoms with Gasteiger partial charge in [-0.2, -0.15) is 0 Å². The summed E-state index contributed by atoms with van der Waals surface area (Å²) < 4.78 is 1.22. The average Bonchev–Trinajstić information content (AvgIpc) is 2.18. The van der Waals surface area contributed by atoms with Crippen LogP contribution in [0.4, 0.5) is 0 Å². The first-order chi connectivity index (χ1) is 6.24. The van der Waals surface area contributed by atoms with Gasteiger partial charge in [-0.15, -0.1) is 0 Å². The van der Waals surface area contributed by atoms with Crippen molar-refractivity contribution in [1.82, 2.24) is 4.42 Å². The maximum absolute atomic E-state index is 11.1. The molecular weight excluding hydrogens is 186 g/mol. The van der Waals surface area contributed by atoms with Gasteiger partial charge in [-0.3, -0.25) is 9.21 Å². The van der Waals surface area contributed by atoms with Crippen molar-refractivity contribution in [3.63, 3.8) is 0 Å². The molecule has 0 saturated carbocycles. The van der Waals surface area contributed by atoms with Crippen LogP contribution in [-0.2, 0) is 11.3 Å². The molecule has 0 N–H and O–H groups in total. The number of amides is 1. The second-order valence-corrected chi connectivity index (χ2v) is 3.16. The molecule has 0 radical (unpaired) electrons. The first-order valence-corrected chi connectivity index (χ1v) is 4.58. The molecule has 0 saturated heterocycles. The third-order valence-corrected chi connectivity index (χ3v) is 2.05. The number of carbonyl (C=O) groups is 1. The highest BCUT2D eigenvalue weighted by molar-refractivity contribution is 6.21. The van der Waals surface area contributed by atoms with E-state index in [1.807, 2.05) is 30.3 Å². The predicted molar refractivity (Wildman–Crippen MR) is 53.1 cm³/mol. The molecule has 0 aliphatic heterocycles. The molecule has 0 heterocycles. The third-order valence-electron chi connectivity index (χ3n) is 1.74. The fraction of sp³-hybridized carbons (Fsp3) is 0.300. The molecule has 0 bridgehead atoms. The number of hydrogen-bond acceptors (Lipinski definition) is 1. The van der Waals surface area contributed by atoms with E-state index in [0.717, 1.165) is 5.56 Å². The van der Waals surface area contributed by atoms with Crippen LogP contribution in [0.25, 0.3) is 0 Å². The van der Waals surface area contributed by atoms with Crippen LogP contribution in [0.5, 0.6) is 0 Å². The molecule has 1 rings (SSSR count). The fourth-order valence-electron chi connectivity index (χ4n) is 1.00. The summed E-state index contributed by atoms with van der Waals surface area (Å²) in [6.45, 7) is 2.26. The van der Waals surface area contributed by atoms with Crippen LogP contribution < -0.4 is 0 Å². The number of rotatable bonds is 3. The summed E-state index contributed by atoms with van der Waals surface area (Å²) in [5.74, 6) is -0.0504. The molecule has 1 aromatic rings. The molecular formula is C10H12ClNO. The summed E-state index contributed by atoms with van der Waals surface area (Å²) >= 11 is 5.75. The standard InChI is InChI=1S/C10H12ClNO/c1-2-10(13)12(11)8-9-6-4-3-5-7-9/h3-7H,2,8H2,1H3. The van der Waals surface area contributed by atoms with Crippen molar-refractivity contribution in [2.24, 2.45) is 0 Å². The van der Waals surface area contributed by atoms with E-state index in [1.54, 1.807) is 6.92 Å². The van der Waals surface area contributed by atoms with Crippen LogP contribution in [0.1, 0.15) is 18.9 Å². The summed E-state index contributed by atoms with van der Waals surface area (Å²) in [6, 6.07) is 9.67. The van der Waals surface area contributed by atoms with Gasteiger partial charge in [-0.05, 0) is 5.56 Å². The Balaban J connectivity index is 2.55. The van der Waals surface area contributed by atoms with Crippen LogP contribution in [-0.4, -0.2) is 10.3 Å². The Hall–Kier alpha value is -1.02. The Kier molecular flexibility index (Phi) is 3.77. The van der Waals surface area contributed by atoms with E-state index in [2.05, 4.69) is 0 Å². The summed E-state index contributed by atoms with van der Waals surface area (Å²) in [7, 11) is 0. The van der Waals surface area contributed by atoms with E-state index in [9.17, 15) is 4.79 Å². The minimum Gasteiger partial charge on any atom is -0.274 e. The molecule has 0 aliphatic rings. The molecule has 0 spiro atoms. The van der Waals surface area contributed by atoms with Gasteiger partial charge in [0.1, 0.15) is 0 Å². The number of nitrogens with zero attached hydrogens (tertiary/aromatic N) is 1. The Bertz CT molecular complexity index is 274. The molecule has 1 amide bonds. The number of carbonyl (C=O) groups excluding carboxylic acids is 1. The predicted octanol–water partition coefficient (Wildman–Crippen LogP) is 2.58. The van der Waals surface area contributed by atoms with Crippen molar-refractivity contribution in [2.75, 3.05) is 0 Å². The second-order valence-electron chi connectivity index (χ2n) is 2.75. The highest BCUT2D eigenvalue weighted by Crippen LogP contribution is 2.07. The highest BCUT2D eigenvalue weighted by atomic mass is 35.5. The summed E-state index contributed by atoms with van der Waals surface area (Å²) in [6.07, 6.45) is 0.441. The molecule has 70 valence electrons. The Labute approximate surface area is 83.2 Å². The first kappa shape index (κ1) is 10.1. The van der Waals surface area contributed by atoms with Crippen LogP contribution in [0, 0.1) is 0 Å². The van der Waals surface area contributed by atoms with Gasteiger partial charge in [0, 0.05) is 18.2 Å². The van der Waals surface area contributed by atoms with Crippen molar-refractivity contribution < 1.29 is 4.79 Å². The van der Waals surface area contributed by atoms with Crippen molar-refractivity contribution in [1.29, 1.82) is 0 Å². The zero-order valence-electron chi connectivity index (χ0n) is 7.53. The fourth-order valence-corrected chi connectivity index (χ4v) is 1.26. The van der Waals surface area contributed by atoms with Crippen molar-refractivity contribution in [3.05, 3.63) is 35.9 Å². The molecule has 0 aliphatic carbocycles. The molecule has 0 fully saturated rings. The monoisotopic (exact) mass is 197 g/mol. The Morgan fingerprint density at radius 3 is 2.54 bits per heavy atom. The minimum atomic E-state index is -0.0504. The van der Waals surface area contributed by atoms with Crippen molar-refractivity contribution in [3.8, 4) is 0 Å². The lowest BCUT2D eigenvalue weighted by molar-refractivity contribution is -0.126. The van der Waals surface area contributed by atoms with Crippen molar-refractivity contribution in [2.45, 2.75) is 19.9 Å². The largest absolute Gasteiger partial charge is 0.274 e. The van der Waals surface area contributed by atoms with E-state index in [1.165, 1.54) is 4.42 Å². The lowest BCUT2D eigenvalue weighted by Gasteiger charge is -2.12. The van der Waals surface area contributed by atoms with Gasteiger partial charge in [0.2, 0.25) is 5.91 Å². The lowest BCUT2D eigenvalue weighted by Crippen LogP contribution is -2.19. The zero-order chi connectivity index (χ0) is 9.68. The topological polar surface area (TPSA) is 20.3 Å². The normalized spacial score (nSPS) is 9.69. The Morgan fingerprint density at radius 2 is 2.00 bits per heavy atom. The Morgan fingerprint density at radius 1 is 1.38 bits per heavy atom. The molecule has 0 unspecified atom stereocenters. The van der Waals surface area contributed by atoms with Gasteiger partial charge in [-0.1, -0.05) is 37.3 Å². The van der Waals surface area contributed by atoms with Gasteiger partial charge in [0.15, 0.2) is 0 Å². The molecule has 0 aromatic heterocycles. The van der Waals surface area contributed by atoms with E-state index in [-0.39, 0.29) is 5.91 Å². The first-order valence-electron chi connectivity index (χ1n) is 4.24. The number of hydrogen-bond donors (Lipinski definition) is 0. The molecule has 3 heteroatoms. The summed E-state index contributed by atoms with van der Waals surface area (Å²) in [4.78, 5) is 11.1. The van der Waals surface area contributed by atoms with Gasteiger partial charge in [0.05, 0.1) is 6.54 Å². The zero-order valence-corrected chi connectivity index (χ0v) is 8.29. The van der Waals surface area contributed by atoms with E-state index < -0.39 is 0 Å². The maximum atomic E-state index is 11.1. The maximum Gasteiger partial charge on any atom is 0.236 e. The van der Waals surface area contributed by atoms with Crippen LogP contribution in [0.2, 0.25) is 0 Å². The smallest absolute Gasteiger partial charge is 0.236 e. The molecule has 2 nitrogen and oxygen atoms in total. The lowest BCUT2D eigenvalue weighted by atomic mass is 10.2. The summed E-state index contributed by atoms with van der Waals surface area (Å²) in [5.41, 5.74) is 1.04. The third kappa shape index (κ3) is 3.07. The molecule has 0 atom stereocenters. The highest BCUT2D eigenvalue weighted by Gasteiger charge is 2.07.